The Hall–Kier alpha value is -0.920. The van der Waals surface area contributed by atoms with E-state index in [1.807, 2.05) is 0 Å². The monoisotopic (exact) mass is 364 g/mol. The Labute approximate surface area is 114 Å². The number of halogens is 2. The zero-order valence-electron chi connectivity index (χ0n) is 8.61. The summed E-state index contributed by atoms with van der Waals surface area (Å²) in [6.45, 7) is 0. The first-order chi connectivity index (χ1) is 7.82. The lowest BCUT2D eigenvalue weighted by Gasteiger charge is -2.08. The van der Waals surface area contributed by atoms with Crippen LogP contribution < -0.4 is 11.5 Å². The Bertz CT molecular complexity index is 454. The smallest absolute Gasteiger partial charge is 0.320 e. The molecule has 0 saturated heterocycles. The van der Waals surface area contributed by atoms with Crippen molar-refractivity contribution in [2.75, 3.05) is 5.73 Å². The Kier molecular flexibility index (Phi) is 4.67. The second-order valence-corrected chi connectivity index (χ2v) is 5.13. The summed E-state index contributed by atoms with van der Waals surface area (Å²) in [6, 6.07) is 1.88. The molecule has 1 aromatic rings. The van der Waals surface area contributed by atoms with Crippen LogP contribution in [-0.4, -0.2) is 22.9 Å². The van der Waals surface area contributed by atoms with E-state index in [0.717, 1.165) is 0 Å². The van der Waals surface area contributed by atoms with Crippen LogP contribution in [-0.2, 0) is 4.79 Å². The first-order valence-electron chi connectivity index (χ1n) is 4.59. The van der Waals surface area contributed by atoms with Crippen LogP contribution in [0.25, 0.3) is 0 Å². The molecule has 5 nitrogen and oxygen atoms in total. The van der Waals surface area contributed by atoms with E-state index in [4.69, 9.17) is 16.6 Å². The van der Waals surface area contributed by atoms with Crippen LogP contribution in [0.1, 0.15) is 16.8 Å². The third-order valence-electron chi connectivity index (χ3n) is 2.12. The number of nitrogens with two attached hydrogens (primary N) is 2. The maximum Gasteiger partial charge on any atom is 0.320 e. The van der Waals surface area contributed by atoms with Crippen LogP contribution in [0.15, 0.2) is 21.1 Å². The maximum atomic E-state index is 11.7. The Morgan fingerprint density at radius 1 is 1.29 bits per heavy atom. The normalized spacial score (nSPS) is 12.2. The first-order valence-corrected chi connectivity index (χ1v) is 6.17. The zero-order valence-corrected chi connectivity index (χ0v) is 11.8. The molecule has 17 heavy (non-hydrogen) atoms. The fourth-order valence-corrected chi connectivity index (χ4v) is 2.34. The fraction of sp³-hybridized carbons (Fsp3) is 0.200. The Balaban J connectivity index is 2.94. The van der Waals surface area contributed by atoms with Crippen molar-refractivity contribution in [3.05, 3.63) is 26.6 Å². The molecule has 1 atom stereocenters. The lowest BCUT2D eigenvalue weighted by molar-refractivity contribution is -0.138. The largest absolute Gasteiger partial charge is 0.480 e. The average Bonchev–Trinajstić information content (AvgIpc) is 2.24. The minimum Gasteiger partial charge on any atom is -0.480 e. The van der Waals surface area contributed by atoms with Gasteiger partial charge in [-0.1, -0.05) is 0 Å². The topological polar surface area (TPSA) is 106 Å². The third-order valence-corrected chi connectivity index (χ3v) is 3.44. The minimum absolute atomic E-state index is 0.252. The van der Waals surface area contributed by atoms with Crippen LogP contribution >= 0.6 is 31.9 Å². The summed E-state index contributed by atoms with van der Waals surface area (Å²) in [5.74, 6) is -1.55. The Morgan fingerprint density at radius 3 is 2.18 bits per heavy atom. The summed E-state index contributed by atoms with van der Waals surface area (Å²) in [7, 11) is 0. The molecule has 0 aromatic heterocycles. The van der Waals surface area contributed by atoms with E-state index in [1.165, 1.54) is 12.1 Å². The second-order valence-electron chi connectivity index (χ2n) is 3.43. The molecule has 0 radical (unpaired) electrons. The summed E-state index contributed by atoms with van der Waals surface area (Å²) in [5.41, 5.74) is 11.8. The molecule has 0 spiro atoms. The number of carbonyl (C=O) groups excluding carboxylic acids is 1. The highest BCUT2D eigenvalue weighted by Gasteiger charge is 2.18. The predicted octanol–water partition coefficient (Wildman–Crippen LogP) is 1.78. The highest BCUT2D eigenvalue weighted by Crippen LogP contribution is 2.30. The number of ketones is 1. The van der Waals surface area contributed by atoms with Gasteiger partial charge < -0.3 is 16.6 Å². The molecule has 0 aliphatic heterocycles. The van der Waals surface area contributed by atoms with Gasteiger partial charge in [0.1, 0.15) is 6.04 Å². The fourth-order valence-electron chi connectivity index (χ4n) is 1.15. The Morgan fingerprint density at radius 2 is 1.76 bits per heavy atom. The summed E-state index contributed by atoms with van der Waals surface area (Å²) in [4.78, 5) is 22.3. The van der Waals surface area contributed by atoms with Crippen LogP contribution in [0, 0.1) is 0 Å². The minimum atomic E-state index is -1.20. The molecule has 0 unspecified atom stereocenters. The number of carboxylic acid groups (broad SMARTS) is 1. The van der Waals surface area contributed by atoms with E-state index in [-0.39, 0.29) is 12.2 Å². The van der Waals surface area contributed by atoms with Crippen molar-refractivity contribution < 1.29 is 14.7 Å². The maximum absolute atomic E-state index is 11.7. The highest BCUT2D eigenvalue weighted by molar-refractivity contribution is 9.11. The molecule has 7 heteroatoms. The SMILES string of the molecule is Nc1c(Br)cc(C(=O)C[C@@H](N)C(=O)O)cc1Br. The summed E-state index contributed by atoms with van der Waals surface area (Å²) in [5, 5.41) is 8.62. The van der Waals surface area contributed by atoms with Crippen molar-refractivity contribution in [2.45, 2.75) is 12.5 Å². The predicted molar refractivity (Wildman–Crippen MR) is 70.8 cm³/mol. The second kappa shape index (κ2) is 5.61. The lowest BCUT2D eigenvalue weighted by Crippen LogP contribution is -2.32. The molecular weight excluding hydrogens is 356 g/mol. The van der Waals surface area contributed by atoms with Crippen molar-refractivity contribution in [3.63, 3.8) is 0 Å². The van der Waals surface area contributed by atoms with Gasteiger partial charge in [0.25, 0.3) is 0 Å². The molecule has 0 aliphatic carbocycles. The van der Waals surface area contributed by atoms with E-state index in [2.05, 4.69) is 31.9 Å². The number of Topliss-reactive ketones (excluding diaryl/α,β-unsaturated/α-hetero) is 1. The first kappa shape index (κ1) is 14.1. The molecule has 0 amide bonds. The van der Waals surface area contributed by atoms with E-state index < -0.39 is 12.0 Å². The van der Waals surface area contributed by atoms with E-state index in [9.17, 15) is 9.59 Å². The molecule has 0 heterocycles. The summed E-state index contributed by atoms with van der Waals surface area (Å²) >= 11 is 6.41. The van der Waals surface area contributed by atoms with Gasteiger partial charge in [0.15, 0.2) is 5.78 Å². The van der Waals surface area contributed by atoms with E-state index >= 15 is 0 Å². The molecule has 0 aliphatic rings. The summed E-state index contributed by atoms with van der Waals surface area (Å²) in [6.07, 6.45) is -0.252. The average molecular weight is 366 g/mol. The van der Waals surface area contributed by atoms with Crippen LogP contribution in [0.3, 0.4) is 0 Å². The van der Waals surface area contributed by atoms with Gasteiger partial charge in [0, 0.05) is 20.9 Å². The number of benzene rings is 1. The zero-order chi connectivity index (χ0) is 13.2. The van der Waals surface area contributed by atoms with E-state index in [1.54, 1.807) is 0 Å². The number of hydrogen-bond acceptors (Lipinski definition) is 4. The molecular formula is C10H10Br2N2O3. The number of carboxylic acids is 1. The van der Waals surface area contributed by atoms with Gasteiger partial charge in [-0.25, -0.2) is 0 Å². The van der Waals surface area contributed by atoms with Crippen LogP contribution in [0.5, 0.6) is 0 Å². The van der Waals surface area contributed by atoms with Gasteiger partial charge in [-0.2, -0.15) is 0 Å². The molecule has 0 fully saturated rings. The van der Waals surface area contributed by atoms with Crippen molar-refractivity contribution in [1.82, 2.24) is 0 Å². The number of nitrogen functional groups attached to an aromatic ring is 1. The number of aliphatic carboxylic acids is 1. The quantitative estimate of drug-likeness (QED) is 0.557. The van der Waals surface area contributed by atoms with E-state index in [0.29, 0.717) is 20.2 Å². The van der Waals surface area contributed by atoms with Gasteiger partial charge in [-0.15, -0.1) is 0 Å². The molecule has 0 saturated carbocycles. The molecule has 92 valence electrons. The standard InChI is InChI=1S/C10H10Br2N2O3/c11-5-1-4(2-6(12)9(5)14)8(15)3-7(13)10(16)17/h1-2,7H,3,13-14H2,(H,16,17)/t7-/m1/s1. The molecule has 0 bridgehead atoms. The van der Waals surface area contributed by atoms with Gasteiger partial charge >= 0.3 is 5.97 Å². The van der Waals surface area contributed by atoms with Crippen molar-refractivity contribution >= 4 is 49.3 Å². The van der Waals surface area contributed by atoms with Crippen molar-refractivity contribution in [1.29, 1.82) is 0 Å². The van der Waals surface area contributed by atoms with Crippen LogP contribution in [0.4, 0.5) is 5.69 Å². The molecule has 1 aromatic carbocycles. The van der Waals surface area contributed by atoms with Gasteiger partial charge in [0.05, 0.1) is 5.69 Å². The number of hydrogen-bond donors (Lipinski definition) is 3. The van der Waals surface area contributed by atoms with Gasteiger partial charge in [-0.05, 0) is 44.0 Å². The highest BCUT2D eigenvalue weighted by atomic mass is 79.9. The van der Waals surface area contributed by atoms with Gasteiger partial charge in [0.2, 0.25) is 0 Å². The van der Waals surface area contributed by atoms with Crippen molar-refractivity contribution in [2.24, 2.45) is 5.73 Å². The third kappa shape index (κ3) is 3.52. The van der Waals surface area contributed by atoms with Crippen molar-refractivity contribution in [3.8, 4) is 0 Å². The summed E-state index contributed by atoms with van der Waals surface area (Å²) < 4.78 is 1.14. The number of carbonyl (C=O) groups is 2. The van der Waals surface area contributed by atoms with Crippen LogP contribution in [0.2, 0.25) is 0 Å². The van der Waals surface area contributed by atoms with Gasteiger partial charge in [-0.3, -0.25) is 9.59 Å². The number of anilines is 1. The molecule has 1 rings (SSSR count). The molecule has 5 N–H and O–H groups in total. The number of rotatable bonds is 4. The lowest BCUT2D eigenvalue weighted by atomic mass is 10.0.